The van der Waals surface area contributed by atoms with E-state index in [2.05, 4.69) is 18.4 Å². The van der Waals surface area contributed by atoms with Crippen LogP contribution in [-0.4, -0.2) is 13.2 Å². The highest BCUT2D eigenvalue weighted by Gasteiger charge is 2.09. The van der Waals surface area contributed by atoms with Crippen molar-refractivity contribution in [2.45, 2.75) is 19.8 Å². The summed E-state index contributed by atoms with van der Waals surface area (Å²) in [6.45, 7) is 7.41. The molecule has 1 nitrogen and oxygen atoms in total. The maximum absolute atomic E-state index is 5.22. The molecule has 0 saturated carbocycles. The Labute approximate surface area is 68.4 Å². The largest absolute Gasteiger partial charge is 0.381 e. The highest BCUT2D eigenvalue weighted by molar-refractivity contribution is 5.24. The van der Waals surface area contributed by atoms with Crippen LogP contribution in [0.3, 0.4) is 0 Å². The molecule has 11 heavy (non-hydrogen) atoms. The van der Waals surface area contributed by atoms with E-state index in [1.165, 1.54) is 0 Å². The number of hydrogen-bond acceptors (Lipinski definition) is 1. The second-order valence-electron chi connectivity index (χ2n) is 2.94. The van der Waals surface area contributed by atoms with Gasteiger partial charge in [0.15, 0.2) is 0 Å². The molecule has 0 N–H and O–H groups in total. The summed E-state index contributed by atoms with van der Waals surface area (Å²) in [5.74, 6) is 6.75. The van der Waals surface area contributed by atoms with Crippen LogP contribution in [0.5, 0.6) is 0 Å². The molecule has 0 amide bonds. The fourth-order valence-electron chi connectivity index (χ4n) is 1.07. The standard InChI is InChI=1S/C10H14O/c1-9(2)3-4-10-5-7-11-8-6-10/h10H,1,5-8H2,2H3. The van der Waals surface area contributed by atoms with Gasteiger partial charge in [-0.05, 0) is 25.3 Å². The lowest BCUT2D eigenvalue weighted by Gasteiger charge is -2.16. The van der Waals surface area contributed by atoms with Crippen molar-refractivity contribution >= 4 is 0 Å². The van der Waals surface area contributed by atoms with E-state index in [9.17, 15) is 0 Å². The van der Waals surface area contributed by atoms with Crippen LogP contribution in [0.2, 0.25) is 0 Å². The van der Waals surface area contributed by atoms with Gasteiger partial charge in [0.1, 0.15) is 0 Å². The van der Waals surface area contributed by atoms with Crippen molar-refractivity contribution in [3.8, 4) is 11.8 Å². The lowest BCUT2D eigenvalue weighted by Crippen LogP contribution is -2.13. The molecule has 0 bridgehead atoms. The average Bonchev–Trinajstić information content (AvgIpc) is 2.03. The highest BCUT2D eigenvalue weighted by atomic mass is 16.5. The molecule has 0 atom stereocenters. The van der Waals surface area contributed by atoms with Crippen molar-refractivity contribution in [1.29, 1.82) is 0 Å². The van der Waals surface area contributed by atoms with Crippen molar-refractivity contribution in [3.05, 3.63) is 12.2 Å². The Morgan fingerprint density at radius 1 is 1.45 bits per heavy atom. The predicted octanol–water partition coefficient (Wildman–Crippen LogP) is 1.99. The molecular weight excluding hydrogens is 136 g/mol. The van der Waals surface area contributed by atoms with E-state index in [1.807, 2.05) is 6.92 Å². The first-order valence-electron chi connectivity index (χ1n) is 4.04. The van der Waals surface area contributed by atoms with Crippen LogP contribution in [0, 0.1) is 17.8 Å². The second-order valence-corrected chi connectivity index (χ2v) is 2.94. The van der Waals surface area contributed by atoms with Gasteiger partial charge in [0.05, 0.1) is 0 Å². The van der Waals surface area contributed by atoms with Gasteiger partial charge in [0, 0.05) is 19.1 Å². The molecule has 1 aliphatic rings. The molecule has 1 aliphatic heterocycles. The fourth-order valence-corrected chi connectivity index (χ4v) is 1.07. The van der Waals surface area contributed by atoms with Gasteiger partial charge in [-0.3, -0.25) is 0 Å². The Morgan fingerprint density at radius 3 is 2.64 bits per heavy atom. The Bertz CT molecular complexity index is 189. The maximum atomic E-state index is 5.22. The van der Waals surface area contributed by atoms with E-state index in [-0.39, 0.29) is 0 Å². The minimum Gasteiger partial charge on any atom is -0.381 e. The molecule has 0 spiro atoms. The third-order valence-electron chi connectivity index (χ3n) is 1.71. The zero-order valence-corrected chi connectivity index (χ0v) is 7.02. The van der Waals surface area contributed by atoms with Gasteiger partial charge in [-0.15, -0.1) is 0 Å². The summed E-state index contributed by atoms with van der Waals surface area (Å²) in [4.78, 5) is 0. The van der Waals surface area contributed by atoms with Gasteiger partial charge in [0.25, 0.3) is 0 Å². The topological polar surface area (TPSA) is 9.23 Å². The minimum absolute atomic E-state index is 0.542. The average molecular weight is 150 g/mol. The second kappa shape index (κ2) is 4.20. The van der Waals surface area contributed by atoms with Crippen LogP contribution in [-0.2, 0) is 4.74 Å². The monoisotopic (exact) mass is 150 g/mol. The Kier molecular flexibility index (Phi) is 3.19. The molecule has 0 aliphatic carbocycles. The van der Waals surface area contributed by atoms with E-state index in [4.69, 9.17) is 4.74 Å². The summed E-state index contributed by atoms with van der Waals surface area (Å²) in [6.07, 6.45) is 2.17. The third-order valence-corrected chi connectivity index (χ3v) is 1.71. The van der Waals surface area contributed by atoms with Gasteiger partial charge in [0.2, 0.25) is 0 Å². The molecule has 0 aromatic rings. The molecule has 1 saturated heterocycles. The summed E-state index contributed by atoms with van der Waals surface area (Å²) in [6, 6.07) is 0. The van der Waals surface area contributed by atoms with E-state index in [0.29, 0.717) is 5.92 Å². The minimum atomic E-state index is 0.542. The summed E-state index contributed by atoms with van der Waals surface area (Å²) < 4.78 is 5.22. The molecule has 0 aromatic heterocycles. The summed E-state index contributed by atoms with van der Waals surface area (Å²) in [5.41, 5.74) is 0.955. The molecule has 1 heteroatoms. The van der Waals surface area contributed by atoms with E-state index in [1.54, 1.807) is 0 Å². The summed E-state index contributed by atoms with van der Waals surface area (Å²) in [5, 5.41) is 0. The molecule has 0 aromatic carbocycles. The van der Waals surface area contributed by atoms with Crippen LogP contribution < -0.4 is 0 Å². The summed E-state index contributed by atoms with van der Waals surface area (Å²) in [7, 11) is 0. The quantitative estimate of drug-likeness (QED) is 0.480. The van der Waals surface area contributed by atoms with Crippen LogP contribution >= 0.6 is 0 Å². The zero-order chi connectivity index (χ0) is 8.10. The normalized spacial score (nSPS) is 18.6. The predicted molar refractivity (Wildman–Crippen MR) is 46.1 cm³/mol. The molecule has 1 heterocycles. The first kappa shape index (κ1) is 8.36. The van der Waals surface area contributed by atoms with Gasteiger partial charge in [-0.2, -0.15) is 0 Å². The van der Waals surface area contributed by atoms with Crippen LogP contribution in [0.1, 0.15) is 19.8 Å². The van der Waals surface area contributed by atoms with Crippen LogP contribution in [0.25, 0.3) is 0 Å². The number of ether oxygens (including phenoxy) is 1. The molecule has 1 rings (SSSR count). The van der Waals surface area contributed by atoms with Crippen molar-refractivity contribution in [2.24, 2.45) is 5.92 Å². The van der Waals surface area contributed by atoms with Crippen molar-refractivity contribution in [1.82, 2.24) is 0 Å². The molecule has 1 fully saturated rings. The fraction of sp³-hybridized carbons (Fsp3) is 0.600. The van der Waals surface area contributed by atoms with E-state index in [0.717, 1.165) is 31.6 Å². The van der Waals surface area contributed by atoms with Crippen molar-refractivity contribution in [3.63, 3.8) is 0 Å². The smallest absolute Gasteiger partial charge is 0.0477 e. The molecule has 0 radical (unpaired) electrons. The maximum Gasteiger partial charge on any atom is 0.0477 e. The van der Waals surface area contributed by atoms with Gasteiger partial charge in [-0.25, -0.2) is 0 Å². The summed E-state index contributed by atoms with van der Waals surface area (Å²) >= 11 is 0. The Balaban J connectivity index is 2.36. The zero-order valence-electron chi connectivity index (χ0n) is 7.02. The van der Waals surface area contributed by atoms with E-state index < -0.39 is 0 Å². The lowest BCUT2D eigenvalue weighted by molar-refractivity contribution is 0.0807. The molecular formula is C10H14O. The number of allylic oxidation sites excluding steroid dienone is 1. The van der Waals surface area contributed by atoms with Gasteiger partial charge >= 0.3 is 0 Å². The van der Waals surface area contributed by atoms with Gasteiger partial charge < -0.3 is 4.74 Å². The number of rotatable bonds is 0. The SMILES string of the molecule is C=C(C)C#CC1CCOCC1. The Hall–Kier alpha value is -0.740. The van der Waals surface area contributed by atoms with Crippen molar-refractivity contribution in [2.75, 3.05) is 13.2 Å². The van der Waals surface area contributed by atoms with Gasteiger partial charge in [-0.1, -0.05) is 18.4 Å². The van der Waals surface area contributed by atoms with Crippen LogP contribution in [0.4, 0.5) is 0 Å². The third kappa shape index (κ3) is 3.25. The number of hydrogen-bond donors (Lipinski definition) is 0. The lowest BCUT2D eigenvalue weighted by atomic mass is 10.0. The molecule has 0 unspecified atom stereocenters. The van der Waals surface area contributed by atoms with Crippen LogP contribution in [0.15, 0.2) is 12.2 Å². The first-order chi connectivity index (χ1) is 5.29. The van der Waals surface area contributed by atoms with Crippen molar-refractivity contribution < 1.29 is 4.74 Å². The molecule has 60 valence electrons. The Morgan fingerprint density at radius 2 is 2.09 bits per heavy atom. The first-order valence-corrected chi connectivity index (χ1v) is 4.04. The van der Waals surface area contributed by atoms with E-state index >= 15 is 0 Å². The highest BCUT2D eigenvalue weighted by Crippen LogP contribution is 2.12.